The van der Waals surface area contributed by atoms with E-state index < -0.39 is 10.0 Å². The summed E-state index contributed by atoms with van der Waals surface area (Å²) in [6.07, 6.45) is 1.25. The summed E-state index contributed by atoms with van der Waals surface area (Å²) in [5, 5.41) is 0. The van der Waals surface area contributed by atoms with Crippen LogP contribution in [0.3, 0.4) is 0 Å². The molecule has 2 unspecified atom stereocenters. The van der Waals surface area contributed by atoms with Crippen LogP contribution in [-0.4, -0.2) is 55.8 Å². The van der Waals surface area contributed by atoms with Crippen LogP contribution < -0.4 is 9.46 Å². The van der Waals surface area contributed by atoms with Gasteiger partial charge in [0.15, 0.2) is 0 Å². The molecule has 0 bridgehead atoms. The van der Waals surface area contributed by atoms with Crippen LogP contribution in [0.2, 0.25) is 0 Å². The number of piperidine rings is 1. The summed E-state index contributed by atoms with van der Waals surface area (Å²) in [7, 11) is -2.00. The number of sulfonamides is 1. The first kappa shape index (κ1) is 27.5. The Kier molecular flexibility index (Phi) is 7.95. The first-order valence-electron chi connectivity index (χ1n) is 13.2. The predicted molar refractivity (Wildman–Crippen MR) is 155 cm³/mol. The molecule has 0 radical (unpaired) electrons. The molecule has 8 nitrogen and oxygen atoms in total. The third-order valence-corrected chi connectivity index (χ3v) is 8.45. The Balaban J connectivity index is 1.50. The summed E-state index contributed by atoms with van der Waals surface area (Å²) >= 11 is 0. The number of aldehydes is 1. The second kappa shape index (κ2) is 11.6. The number of carbonyl (C=O) groups excluding carboxylic acids is 1. The van der Waals surface area contributed by atoms with Gasteiger partial charge in [0, 0.05) is 36.2 Å². The Hall–Kier alpha value is -4.08. The molecule has 0 saturated carbocycles. The molecule has 1 saturated heterocycles. The van der Waals surface area contributed by atoms with Gasteiger partial charge < -0.3 is 9.64 Å². The van der Waals surface area contributed by atoms with Gasteiger partial charge in [-0.25, -0.2) is 18.1 Å². The summed E-state index contributed by atoms with van der Waals surface area (Å²) in [5.74, 6) is 0.488. The molecule has 1 aliphatic rings. The van der Waals surface area contributed by atoms with E-state index in [9.17, 15) is 13.2 Å². The second-order valence-electron chi connectivity index (χ2n) is 10.3. The molecule has 2 atom stereocenters. The molecular formula is C31H32N4O4S. The fourth-order valence-corrected chi connectivity index (χ4v) is 6.30. The second-order valence-corrected chi connectivity index (χ2v) is 12.0. The molecule has 206 valence electrons. The van der Waals surface area contributed by atoms with Crippen molar-refractivity contribution < 1.29 is 17.9 Å². The topological polar surface area (TPSA) is 101 Å². The number of aryl methyl sites for hydroxylation is 2. The van der Waals surface area contributed by atoms with E-state index >= 15 is 0 Å². The minimum Gasteiger partial charge on any atom is -0.473 e. The van der Waals surface area contributed by atoms with E-state index in [1.54, 1.807) is 12.1 Å². The van der Waals surface area contributed by atoms with E-state index in [1.807, 2.05) is 50.2 Å². The van der Waals surface area contributed by atoms with E-state index in [4.69, 9.17) is 4.74 Å². The van der Waals surface area contributed by atoms with E-state index in [-0.39, 0.29) is 22.5 Å². The molecule has 1 N–H and O–H groups in total. The number of carbonyl (C=O) groups is 1. The van der Waals surface area contributed by atoms with Gasteiger partial charge in [-0.05, 0) is 56.1 Å². The summed E-state index contributed by atoms with van der Waals surface area (Å²) in [5.41, 5.74) is 4.96. The quantitative estimate of drug-likeness (QED) is 0.296. The number of ether oxygens (including phenoxy) is 1. The number of hydrogen-bond acceptors (Lipinski definition) is 7. The minimum atomic E-state index is -4.07. The lowest BCUT2D eigenvalue weighted by Crippen LogP contribution is -2.42. The first-order chi connectivity index (χ1) is 19.2. The fraction of sp³-hybridized carbons (Fsp3) is 0.258. The smallest absolute Gasteiger partial charge is 0.264 e. The maximum atomic E-state index is 13.2. The van der Waals surface area contributed by atoms with Crippen molar-refractivity contribution in [2.24, 2.45) is 0 Å². The molecule has 0 amide bonds. The van der Waals surface area contributed by atoms with E-state index in [0.717, 1.165) is 29.7 Å². The van der Waals surface area contributed by atoms with Crippen molar-refractivity contribution in [2.75, 3.05) is 24.9 Å². The van der Waals surface area contributed by atoms with Crippen LogP contribution in [0.4, 0.5) is 5.95 Å². The molecule has 0 aliphatic carbocycles. The highest BCUT2D eigenvalue weighted by Crippen LogP contribution is 2.32. The number of aromatic nitrogens is 2. The number of likely N-dealkylation sites (N-methyl/N-ethyl adjacent to an activating group) is 1. The zero-order valence-corrected chi connectivity index (χ0v) is 23.6. The molecule has 5 rings (SSSR count). The number of nitrogens with one attached hydrogen (secondary N) is 1. The highest BCUT2D eigenvalue weighted by atomic mass is 32.2. The Morgan fingerprint density at radius 2 is 1.65 bits per heavy atom. The molecule has 1 aliphatic heterocycles. The van der Waals surface area contributed by atoms with Crippen LogP contribution >= 0.6 is 0 Å². The van der Waals surface area contributed by atoms with Gasteiger partial charge in [-0.15, -0.1) is 0 Å². The molecule has 1 fully saturated rings. The van der Waals surface area contributed by atoms with Crippen molar-refractivity contribution in [3.8, 4) is 17.1 Å². The number of likely N-dealkylation sites (tertiary alicyclic amines) is 1. The maximum Gasteiger partial charge on any atom is 0.264 e. The molecule has 2 heterocycles. The van der Waals surface area contributed by atoms with Crippen LogP contribution in [0.25, 0.3) is 11.3 Å². The van der Waals surface area contributed by atoms with Gasteiger partial charge in [-0.1, -0.05) is 60.7 Å². The standard InChI is InChI=1S/C31H32N4O4S/c1-21-9-7-10-22(2)30(21)28-17-29(39-26-16-25(18-35(3)19-26)24-12-5-4-6-13-24)33-31(32-28)34-40(37,38)27-14-8-11-23(15-27)20-36/h4-15,17,20,25-26H,16,18-19H2,1-3H3,(H,32,33,34). The third-order valence-electron chi connectivity index (χ3n) is 7.12. The van der Waals surface area contributed by atoms with Gasteiger partial charge in [0.25, 0.3) is 10.0 Å². The molecular weight excluding hydrogens is 524 g/mol. The number of rotatable bonds is 8. The fourth-order valence-electron chi connectivity index (χ4n) is 5.30. The monoisotopic (exact) mass is 556 g/mol. The predicted octanol–water partition coefficient (Wildman–Crippen LogP) is 5.24. The first-order valence-corrected chi connectivity index (χ1v) is 14.6. The Morgan fingerprint density at radius 1 is 0.925 bits per heavy atom. The van der Waals surface area contributed by atoms with Gasteiger partial charge in [0.2, 0.25) is 11.8 Å². The number of anilines is 1. The lowest BCUT2D eigenvalue weighted by atomic mass is 9.89. The molecule has 4 aromatic rings. The molecule has 9 heteroatoms. The van der Waals surface area contributed by atoms with Gasteiger partial charge in [0.05, 0.1) is 10.6 Å². The van der Waals surface area contributed by atoms with E-state index in [0.29, 0.717) is 30.3 Å². The van der Waals surface area contributed by atoms with Crippen LogP contribution in [0.5, 0.6) is 5.88 Å². The van der Waals surface area contributed by atoms with Crippen LogP contribution in [-0.2, 0) is 10.0 Å². The minimum absolute atomic E-state index is 0.0553. The largest absolute Gasteiger partial charge is 0.473 e. The normalized spacial score (nSPS) is 17.8. The van der Waals surface area contributed by atoms with E-state index in [2.05, 4.69) is 38.8 Å². The average Bonchev–Trinajstić information content (AvgIpc) is 2.93. The summed E-state index contributed by atoms with van der Waals surface area (Å²) in [6, 6.07) is 23.9. The highest BCUT2D eigenvalue weighted by molar-refractivity contribution is 7.92. The molecule has 1 aromatic heterocycles. The van der Waals surface area contributed by atoms with Gasteiger partial charge in [0.1, 0.15) is 12.4 Å². The third kappa shape index (κ3) is 6.21. The molecule has 40 heavy (non-hydrogen) atoms. The number of hydrogen-bond donors (Lipinski definition) is 1. The average molecular weight is 557 g/mol. The summed E-state index contributed by atoms with van der Waals surface area (Å²) in [6.45, 7) is 5.61. The Morgan fingerprint density at radius 3 is 2.38 bits per heavy atom. The van der Waals surface area contributed by atoms with Crippen molar-refractivity contribution in [3.05, 3.63) is 101 Å². The maximum absolute atomic E-state index is 13.2. The Bertz CT molecular complexity index is 1610. The van der Waals surface area contributed by atoms with Crippen molar-refractivity contribution in [1.82, 2.24) is 14.9 Å². The SMILES string of the molecule is Cc1cccc(C)c1-c1cc(OC2CC(c3ccccc3)CN(C)C2)nc(NS(=O)(=O)c2cccc(C=O)c2)n1. The van der Waals surface area contributed by atoms with Gasteiger partial charge in [-0.2, -0.15) is 4.98 Å². The van der Waals surface area contributed by atoms with Crippen molar-refractivity contribution >= 4 is 22.3 Å². The van der Waals surface area contributed by atoms with Gasteiger partial charge in [-0.3, -0.25) is 4.79 Å². The number of benzene rings is 3. The Labute approximate surface area is 235 Å². The zero-order valence-electron chi connectivity index (χ0n) is 22.7. The summed E-state index contributed by atoms with van der Waals surface area (Å²) < 4.78 is 35.4. The van der Waals surface area contributed by atoms with Crippen LogP contribution in [0.15, 0.2) is 83.8 Å². The molecule has 3 aromatic carbocycles. The number of nitrogens with zero attached hydrogens (tertiary/aromatic N) is 3. The van der Waals surface area contributed by atoms with Crippen molar-refractivity contribution in [2.45, 2.75) is 37.2 Å². The van der Waals surface area contributed by atoms with Crippen LogP contribution in [0, 0.1) is 13.8 Å². The van der Waals surface area contributed by atoms with Crippen LogP contribution in [0.1, 0.15) is 39.4 Å². The van der Waals surface area contributed by atoms with Crippen molar-refractivity contribution in [1.29, 1.82) is 0 Å². The lowest BCUT2D eigenvalue weighted by molar-refractivity contribution is 0.0875. The van der Waals surface area contributed by atoms with Crippen molar-refractivity contribution in [3.63, 3.8) is 0 Å². The summed E-state index contributed by atoms with van der Waals surface area (Å²) in [4.78, 5) is 22.5. The molecule has 0 spiro atoms. The highest BCUT2D eigenvalue weighted by Gasteiger charge is 2.28. The lowest BCUT2D eigenvalue weighted by Gasteiger charge is -2.35. The zero-order chi connectivity index (χ0) is 28.3. The van der Waals surface area contributed by atoms with Gasteiger partial charge >= 0.3 is 0 Å². The van der Waals surface area contributed by atoms with E-state index in [1.165, 1.54) is 23.8 Å².